The predicted octanol–water partition coefficient (Wildman–Crippen LogP) is 4.02. The summed E-state index contributed by atoms with van der Waals surface area (Å²) in [6.07, 6.45) is 0. The molecule has 0 aliphatic rings. The molecule has 0 unspecified atom stereocenters. The lowest BCUT2D eigenvalue weighted by Crippen LogP contribution is -2.02. The zero-order valence-electron chi connectivity index (χ0n) is 10.8. The molecule has 0 N–H and O–H groups in total. The molecule has 0 fully saturated rings. The van der Waals surface area contributed by atoms with Crippen LogP contribution in [-0.2, 0) is 0 Å². The number of rotatable bonds is 1. The molecule has 1 nitrogen and oxygen atoms in total. The lowest BCUT2D eigenvalue weighted by atomic mass is 10.0. The Labute approximate surface area is 97.7 Å². The SMILES string of the molecule is Cc1cc(C)c(-n2c(C)ccc2C)cc1C. The molecule has 1 heteroatoms. The van der Waals surface area contributed by atoms with E-state index in [-0.39, 0.29) is 0 Å². The van der Waals surface area contributed by atoms with Gasteiger partial charge in [-0.25, -0.2) is 0 Å². The zero-order valence-corrected chi connectivity index (χ0v) is 10.8. The van der Waals surface area contributed by atoms with Crippen LogP contribution >= 0.6 is 0 Å². The third-order valence-electron chi connectivity index (χ3n) is 3.32. The fourth-order valence-corrected chi connectivity index (χ4v) is 2.23. The van der Waals surface area contributed by atoms with Crippen LogP contribution in [0.15, 0.2) is 24.3 Å². The van der Waals surface area contributed by atoms with Crippen LogP contribution in [0.1, 0.15) is 28.1 Å². The van der Waals surface area contributed by atoms with E-state index in [4.69, 9.17) is 0 Å². The fourth-order valence-electron chi connectivity index (χ4n) is 2.23. The van der Waals surface area contributed by atoms with Crippen LogP contribution in [0.2, 0.25) is 0 Å². The summed E-state index contributed by atoms with van der Waals surface area (Å²) in [7, 11) is 0. The number of hydrogen-bond acceptors (Lipinski definition) is 0. The van der Waals surface area contributed by atoms with Crippen LogP contribution in [-0.4, -0.2) is 4.57 Å². The molecule has 2 aromatic rings. The quantitative estimate of drug-likeness (QED) is 0.674. The van der Waals surface area contributed by atoms with Crippen molar-refractivity contribution in [3.05, 3.63) is 52.3 Å². The second-order valence-corrected chi connectivity index (χ2v) is 4.67. The Morgan fingerprint density at radius 1 is 0.688 bits per heavy atom. The molecule has 1 aromatic heterocycles. The molecule has 0 saturated heterocycles. The third kappa shape index (κ3) is 1.67. The summed E-state index contributed by atoms with van der Waals surface area (Å²) in [5, 5.41) is 0. The maximum Gasteiger partial charge on any atom is 0.0486 e. The summed E-state index contributed by atoms with van der Waals surface area (Å²) in [6.45, 7) is 10.8. The van der Waals surface area contributed by atoms with E-state index in [9.17, 15) is 0 Å². The molecule has 1 heterocycles. The second-order valence-electron chi connectivity index (χ2n) is 4.67. The van der Waals surface area contributed by atoms with Crippen molar-refractivity contribution in [3.63, 3.8) is 0 Å². The van der Waals surface area contributed by atoms with Crippen LogP contribution < -0.4 is 0 Å². The molecule has 16 heavy (non-hydrogen) atoms. The number of benzene rings is 1. The Balaban J connectivity index is 2.69. The van der Waals surface area contributed by atoms with Crippen LogP contribution in [0.3, 0.4) is 0 Å². The van der Waals surface area contributed by atoms with Crippen molar-refractivity contribution in [1.82, 2.24) is 4.57 Å². The summed E-state index contributed by atoms with van der Waals surface area (Å²) >= 11 is 0. The van der Waals surface area contributed by atoms with Crippen molar-refractivity contribution in [1.29, 1.82) is 0 Å². The van der Waals surface area contributed by atoms with Crippen molar-refractivity contribution in [2.75, 3.05) is 0 Å². The van der Waals surface area contributed by atoms with Gasteiger partial charge in [0, 0.05) is 17.1 Å². The average molecular weight is 213 g/mol. The molecule has 2 rings (SSSR count). The maximum absolute atomic E-state index is 2.32. The Hall–Kier alpha value is -1.50. The van der Waals surface area contributed by atoms with Gasteiger partial charge in [0.25, 0.3) is 0 Å². The summed E-state index contributed by atoms with van der Waals surface area (Å²) < 4.78 is 2.32. The topological polar surface area (TPSA) is 4.93 Å². The van der Waals surface area contributed by atoms with E-state index in [1.165, 1.54) is 33.8 Å². The molecule has 0 amide bonds. The van der Waals surface area contributed by atoms with Gasteiger partial charge in [0.15, 0.2) is 0 Å². The van der Waals surface area contributed by atoms with Crippen molar-refractivity contribution in [2.24, 2.45) is 0 Å². The molecule has 84 valence electrons. The van der Waals surface area contributed by atoms with E-state index >= 15 is 0 Å². The molecular weight excluding hydrogens is 194 g/mol. The highest BCUT2D eigenvalue weighted by Gasteiger charge is 2.08. The average Bonchev–Trinajstić information content (AvgIpc) is 2.53. The molecule has 0 aliphatic heterocycles. The van der Waals surface area contributed by atoms with E-state index in [2.05, 4.69) is 63.5 Å². The predicted molar refractivity (Wildman–Crippen MR) is 69.5 cm³/mol. The second kappa shape index (κ2) is 3.82. The van der Waals surface area contributed by atoms with Gasteiger partial charge in [0.05, 0.1) is 0 Å². The first kappa shape index (κ1) is 11.0. The normalized spacial score (nSPS) is 10.8. The first-order valence-electron chi connectivity index (χ1n) is 5.74. The van der Waals surface area contributed by atoms with Gasteiger partial charge in [0.1, 0.15) is 0 Å². The summed E-state index contributed by atoms with van der Waals surface area (Å²) in [5.74, 6) is 0. The highest BCUT2D eigenvalue weighted by atomic mass is 15.0. The zero-order chi connectivity index (χ0) is 11.9. The minimum atomic E-state index is 1.30. The van der Waals surface area contributed by atoms with Crippen LogP contribution in [0.5, 0.6) is 0 Å². The molecule has 0 radical (unpaired) electrons. The molecule has 0 atom stereocenters. The highest BCUT2D eigenvalue weighted by molar-refractivity contribution is 5.48. The van der Waals surface area contributed by atoms with Crippen LogP contribution in [0, 0.1) is 34.6 Å². The number of nitrogens with zero attached hydrogens (tertiary/aromatic N) is 1. The Kier molecular flexibility index (Phi) is 2.63. The van der Waals surface area contributed by atoms with Gasteiger partial charge < -0.3 is 4.57 Å². The minimum Gasteiger partial charge on any atom is -0.318 e. The number of aryl methyl sites for hydroxylation is 5. The van der Waals surface area contributed by atoms with Crippen LogP contribution in [0.4, 0.5) is 0 Å². The van der Waals surface area contributed by atoms with Gasteiger partial charge in [-0.1, -0.05) is 6.07 Å². The van der Waals surface area contributed by atoms with E-state index in [1.54, 1.807) is 0 Å². The molecule has 1 aromatic carbocycles. The number of hydrogen-bond donors (Lipinski definition) is 0. The van der Waals surface area contributed by atoms with Gasteiger partial charge in [-0.05, 0) is 69.5 Å². The minimum absolute atomic E-state index is 1.30. The Morgan fingerprint density at radius 3 is 1.75 bits per heavy atom. The van der Waals surface area contributed by atoms with Crippen molar-refractivity contribution < 1.29 is 0 Å². The van der Waals surface area contributed by atoms with Gasteiger partial charge in [-0.2, -0.15) is 0 Å². The maximum atomic E-state index is 2.32. The third-order valence-corrected chi connectivity index (χ3v) is 3.32. The van der Waals surface area contributed by atoms with E-state index in [0.29, 0.717) is 0 Å². The van der Waals surface area contributed by atoms with Gasteiger partial charge in [-0.3, -0.25) is 0 Å². The fraction of sp³-hybridized carbons (Fsp3) is 0.333. The van der Waals surface area contributed by atoms with Crippen LogP contribution in [0.25, 0.3) is 5.69 Å². The monoisotopic (exact) mass is 213 g/mol. The van der Waals surface area contributed by atoms with Crippen molar-refractivity contribution in [2.45, 2.75) is 34.6 Å². The first-order valence-corrected chi connectivity index (χ1v) is 5.74. The lowest BCUT2D eigenvalue weighted by molar-refractivity contribution is 0.951. The molecular formula is C15H19N. The molecule has 0 saturated carbocycles. The molecule has 0 aliphatic carbocycles. The molecule has 0 spiro atoms. The summed E-state index contributed by atoms with van der Waals surface area (Å²) in [5.41, 5.74) is 7.96. The van der Waals surface area contributed by atoms with E-state index < -0.39 is 0 Å². The lowest BCUT2D eigenvalue weighted by Gasteiger charge is -2.15. The van der Waals surface area contributed by atoms with E-state index in [0.717, 1.165) is 0 Å². The van der Waals surface area contributed by atoms with Gasteiger partial charge in [-0.15, -0.1) is 0 Å². The van der Waals surface area contributed by atoms with Crippen molar-refractivity contribution >= 4 is 0 Å². The standard InChI is InChI=1S/C15H19N/c1-10-8-12(3)15(9-11(10)2)16-13(4)6-7-14(16)5/h6-9H,1-5H3. The van der Waals surface area contributed by atoms with Crippen molar-refractivity contribution in [3.8, 4) is 5.69 Å². The Bertz CT molecular complexity index is 513. The van der Waals surface area contributed by atoms with E-state index in [1.807, 2.05) is 0 Å². The first-order chi connectivity index (χ1) is 7.50. The van der Waals surface area contributed by atoms with Gasteiger partial charge >= 0.3 is 0 Å². The van der Waals surface area contributed by atoms with Gasteiger partial charge in [0.2, 0.25) is 0 Å². The summed E-state index contributed by atoms with van der Waals surface area (Å²) in [4.78, 5) is 0. The highest BCUT2D eigenvalue weighted by Crippen LogP contribution is 2.23. The summed E-state index contributed by atoms with van der Waals surface area (Å²) in [6, 6.07) is 8.89. The number of aromatic nitrogens is 1. The smallest absolute Gasteiger partial charge is 0.0486 e. The molecule has 0 bridgehead atoms. The Morgan fingerprint density at radius 2 is 1.19 bits per heavy atom. The largest absolute Gasteiger partial charge is 0.318 e.